The number of aromatic nitrogens is 2. The zero-order chi connectivity index (χ0) is 21.6. The summed E-state index contributed by atoms with van der Waals surface area (Å²) in [7, 11) is 0. The van der Waals surface area contributed by atoms with Crippen LogP contribution in [0.25, 0.3) is 10.9 Å². The maximum absolute atomic E-state index is 10.3. The molecule has 8 heteroatoms. The molecule has 2 heterocycles. The molecule has 1 saturated heterocycles. The standard InChI is InChI=1S/C23H26N6O2/c24-13-17-5-7-19(8-6-17)31-16-18(30)14-28-9-11-29(12-10-28)15-22-26-21-4-2-1-3-20(21)23(25)27-22/h1-8,18,30H,9-12,14-16H2,(H2,25,26,27)/t18-/m0/s1. The van der Waals surface area contributed by atoms with Crippen LogP contribution in [0.2, 0.25) is 0 Å². The topological polar surface area (TPSA) is 112 Å². The number of benzene rings is 2. The predicted molar refractivity (Wildman–Crippen MR) is 118 cm³/mol. The van der Waals surface area contributed by atoms with E-state index in [1.807, 2.05) is 24.3 Å². The number of nitrogens with two attached hydrogens (primary N) is 1. The Balaban J connectivity index is 1.22. The highest BCUT2D eigenvalue weighted by atomic mass is 16.5. The van der Waals surface area contributed by atoms with Crippen LogP contribution < -0.4 is 10.5 Å². The Labute approximate surface area is 181 Å². The molecule has 8 nitrogen and oxygen atoms in total. The third kappa shape index (κ3) is 5.47. The zero-order valence-corrected chi connectivity index (χ0v) is 17.3. The number of nitriles is 1. The number of fused-ring (bicyclic) bond motifs is 1. The van der Waals surface area contributed by atoms with Gasteiger partial charge < -0.3 is 15.6 Å². The van der Waals surface area contributed by atoms with Gasteiger partial charge >= 0.3 is 0 Å². The molecule has 1 aliphatic heterocycles. The molecular formula is C23H26N6O2. The summed E-state index contributed by atoms with van der Waals surface area (Å²) in [5, 5.41) is 20.0. The fourth-order valence-electron chi connectivity index (χ4n) is 3.72. The number of hydrogen-bond acceptors (Lipinski definition) is 8. The smallest absolute Gasteiger partial charge is 0.145 e. The van der Waals surface area contributed by atoms with Gasteiger partial charge in [0.2, 0.25) is 0 Å². The number of hydrogen-bond donors (Lipinski definition) is 2. The highest BCUT2D eigenvalue weighted by molar-refractivity contribution is 5.87. The first kappa shape index (κ1) is 21.0. The Hall–Kier alpha value is -3.25. The van der Waals surface area contributed by atoms with Crippen LogP contribution in [0.5, 0.6) is 5.75 Å². The summed E-state index contributed by atoms with van der Waals surface area (Å²) in [6.07, 6.45) is -0.578. The largest absolute Gasteiger partial charge is 0.491 e. The van der Waals surface area contributed by atoms with Gasteiger partial charge in [-0.2, -0.15) is 5.26 Å². The van der Waals surface area contributed by atoms with E-state index in [2.05, 4.69) is 25.8 Å². The Kier molecular flexibility index (Phi) is 6.57. The predicted octanol–water partition coefficient (Wildman–Crippen LogP) is 1.64. The molecule has 0 amide bonds. The van der Waals surface area contributed by atoms with E-state index < -0.39 is 6.10 Å². The molecule has 0 saturated carbocycles. The van der Waals surface area contributed by atoms with Gasteiger partial charge in [-0.05, 0) is 36.4 Å². The first-order chi connectivity index (χ1) is 15.1. The number of piperazine rings is 1. The number of aliphatic hydroxyl groups excluding tert-OH is 1. The van der Waals surface area contributed by atoms with E-state index in [0.717, 1.165) is 42.9 Å². The van der Waals surface area contributed by atoms with Crippen molar-refractivity contribution in [1.82, 2.24) is 19.8 Å². The van der Waals surface area contributed by atoms with Crippen molar-refractivity contribution in [2.45, 2.75) is 12.6 Å². The summed E-state index contributed by atoms with van der Waals surface area (Å²) in [6.45, 7) is 4.90. The minimum absolute atomic E-state index is 0.219. The van der Waals surface area contributed by atoms with E-state index in [0.29, 0.717) is 30.2 Å². The molecular weight excluding hydrogens is 392 g/mol. The molecule has 1 atom stereocenters. The SMILES string of the molecule is N#Cc1ccc(OC[C@@H](O)CN2CCN(Cc3nc(N)c4ccccc4n3)CC2)cc1. The number of rotatable bonds is 7. The molecule has 0 radical (unpaired) electrons. The molecule has 160 valence electrons. The van der Waals surface area contributed by atoms with Gasteiger partial charge in [0.15, 0.2) is 0 Å². The fraction of sp³-hybridized carbons (Fsp3) is 0.348. The van der Waals surface area contributed by atoms with Gasteiger partial charge in [-0.25, -0.2) is 9.97 Å². The highest BCUT2D eigenvalue weighted by Crippen LogP contribution is 2.18. The van der Waals surface area contributed by atoms with E-state index in [4.69, 9.17) is 15.7 Å². The number of anilines is 1. The van der Waals surface area contributed by atoms with Crippen molar-refractivity contribution in [3.8, 4) is 11.8 Å². The van der Waals surface area contributed by atoms with Gasteiger partial charge in [0.1, 0.15) is 30.1 Å². The number of para-hydroxylation sites is 1. The van der Waals surface area contributed by atoms with Crippen molar-refractivity contribution in [3.63, 3.8) is 0 Å². The maximum Gasteiger partial charge on any atom is 0.145 e. The van der Waals surface area contributed by atoms with Crippen molar-refractivity contribution >= 4 is 16.7 Å². The number of aliphatic hydroxyl groups is 1. The lowest BCUT2D eigenvalue weighted by molar-refractivity contribution is 0.0442. The second kappa shape index (κ2) is 9.71. The highest BCUT2D eigenvalue weighted by Gasteiger charge is 2.20. The van der Waals surface area contributed by atoms with Gasteiger partial charge in [0, 0.05) is 38.1 Å². The van der Waals surface area contributed by atoms with E-state index in [1.54, 1.807) is 24.3 Å². The van der Waals surface area contributed by atoms with E-state index in [1.165, 1.54) is 0 Å². The lowest BCUT2D eigenvalue weighted by Gasteiger charge is -2.35. The summed E-state index contributed by atoms with van der Waals surface area (Å²) in [5.74, 6) is 1.91. The van der Waals surface area contributed by atoms with Crippen molar-refractivity contribution in [3.05, 3.63) is 59.9 Å². The van der Waals surface area contributed by atoms with Crippen LogP contribution in [0.3, 0.4) is 0 Å². The molecule has 0 aliphatic carbocycles. The van der Waals surface area contributed by atoms with Gasteiger partial charge in [0.05, 0.1) is 23.7 Å². The van der Waals surface area contributed by atoms with Crippen LogP contribution in [0, 0.1) is 11.3 Å². The van der Waals surface area contributed by atoms with Crippen LogP contribution >= 0.6 is 0 Å². The number of nitrogens with zero attached hydrogens (tertiary/aromatic N) is 5. The average molecular weight is 419 g/mol. The number of nitrogen functional groups attached to an aromatic ring is 1. The maximum atomic E-state index is 10.3. The van der Waals surface area contributed by atoms with Crippen molar-refractivity contribution < 1.29 is 9.84 Å². The fourth-order valence-corrected chi connectivity index (χ4v) is 3.72. The van der Waals surface area contributed by atoms with Gasteiger partial charge in [-0.1, -0.05) is 12.1 Å². The molecule has 4 rings (SSSR count). The summed E-state index contributed by atoms with van der Waals surface area (Å²) in [5.41, 5.74) is 7.55. The first-order valence-corrected chi connectivity index (χ1v) is 10.4. The number of ether oxygens (including phenoxy) is 1. The van der Waals surface area contributed by atoms with Crippen LogP contribution in [-0.4, -0.2) is 70.3 Å². The summed E-state index contributed by atoms with van der Waals surface area (Å²) in [4.78, 5) is 13.6. The van der Waals surface area contributed by atoms with E-state index in [-0.39, 0.29) is 6.61 Å². The molecule has 3 N–H and O–H groups in total. The Bertz CT molecular complexity index is 1060. The second-order valence-corrected chi connectivity index (χ2v) is 7.72. The lowest BCUT2D eigenvalue weighted by Crippen LogP contribution is -2.49. The molecule has 0 spiro atoms. The van der Waals surface area contributed by atoms with Gasteiger partial charge in [-0.15, -0.1) is 0 Å². The molecule has 3 aromatic rings. The molecule has 0 unspecified atom stereocenters. The van der Waals surface area contributed by atoms with E-state index in [9.17, 15) is 5.11 Å². The molecule has 1 fully saturated rings. The van der Waals surface area contributed by atoms with Gasteiger partial charge in [-0.3, -0.25) is 9.80 Å². The lowest BCUT2D eigenvalue weighted by atomic mass is 10.2. The quantitative estimate of drug-likeness (QED) is 0.596. The third-order valence-electron chi connectivity index (χ3n) is 5.40. The van der Waals surface area contributed by atoms with Crippen molar-refractivity contribution in [1.29, 1.82) is 5.26 Å². The van der Waals surface area contributed by atoms with E-state index >= 15 is 0 Å². The molecule has 2 aromatic carbocycles. The summed E-state index contributed by atoms with van der Waals surface area (Å²) < 4.78 is 5.63. The van der Waals surface area contributed by atoms with Crippen molar-refractivity contribution in [2.24, 2.45) is 0 Å². The molecule has 1 aliphatic rings. The van der Waals surface area contributed by atoms with Crippen LogP contribution in [0.15, 0.2) is 48.5 Å². The Morgan fingerprint density at radius 3 is 2.48 bits per heavy atom. The first-order valence-electron chi connectivity index (χ1n) is 10.4. The monoisotopic (exact) mass is 418 g/mol. The summed E-state index contributed by atoms with van der Waals surface area (Å²) in [6, 6.07) is 16.7. The molecule has 31 heavy (non-hydrogen) atoms. The second-order valence-electron chi connectivity index (χ2n) is 7.72. The Morgan fingerprint density at radius 1 is 1.03 bits per heavy atom. The van der Waals surface area contributed by atoms with Crippen LogP contribution in [0.4, 0.5) is 5.82 Å². The van der Waals surface area contributed by atoms with Crippen LogP contribution in [0.1, 0.15) is 11.4 Å². The summed E-state index contributed by atoms with van der Waals surface area (Å²) >= 11 is 0. The minimum Gasteiger partial charge on any atom is -0.491 e. The normalized spacial score (nSPS) is 16.1. The average Bonchev–Trinajstić information content (AvgIpc) is 2.79. The molecule has 0 bridgehead atoms. The minimum atomic E-state index is -0.578. The van der Waals surface area contributed by atoms with Crippen LogP contribution in [-0.2, 0) is 6.54 Å². The van der Waals surface area contributed by atoms with Crippen molar-refractivity contribution in [2.75, 3.05) is 45.1 Å². The third-order valence-corrected chi connectivity index (χ3v) is 5.40. The zero-order valence-electron chi connectivity index (χ0n) is 17.3. The van der Waals surface area contributed by atoms with Gasteiger partial charge in [0.25, 0.3) is 0 Å². The molecule has 1 aromatic heterocycles. The number of β-amino-alcohol motifs (C(OH)–C–C–N with tert-alkyl or cyclic N) is 1. The Morgan fingerprint density at radius 2 is 1.74 bits per heavy atom.